The van der Waals surface area contributed by atoms with E-state index in [2.05, 4.69) is 13.5 Å². The first-order valence-electron chi connectivity index (χ1n) is 1.45. The molecule has 2 atom stereocenters. The zero-order chi connectivity index (χ0) is 4.99. The first kappa shape index (κ1) is 3.52. The fraction of sp³-hybridized carbons (Fsp3) is 0. The molecule has 0 aliphatic heterocycles. The monoisotopic (exact) mass is 110 g/mol. The molecule has 0 heterocycles. The summed E-state index contributed by atoms with van der Waals surface area (Å²) >= 11 is 0. The lowest BCUT2D eigenvalue weighted by Gasteiger charge is -1.81. The van der Waals surface area contributed by atoms with Crippen LogP contribution in [0.4, 0.5) is 0 Å². The van der Waals surface area contributed by atoms with Gasteiger partial charge in [0.05, 0.1) is 8.50 Å². The van der Waals surface area contributed by atoms with Crippen molar-refractivity contribution in [3.05, 3.63) is 0 Å². The van der Waals surface area contributed by atoms with E-state index in [1.165, 1.54) is 0 Å². The lowest BCUT2D eigenvalue weighted by molar-refractivity contribution is 0.664. The third-order valence-corrected chi connectivity index (χ3v) is 0.683. The minimum Gasteiger partial charge on any atom is -0.463 e. The molecule has 0 saturated heterocycles. The normalized spacial score (nSPS) is 11.8. The van der Waals surface area contributed by atoms with Crippen molar-refractivity contribution in [1.29, 1.82) is 5.41 Å². The SMILES string of the molecule is [2H]C(=N)OPP. The van der Waals surface area contributed by atoms with Gasteiger partial charge in [0.15, 0.2) is 6.38 Å². The molecular formula is CH5NOP2. The summed E-state index contributed by atoms with van der Waals surface area (Å²) in [7, 11) is 2.41. The molecule has 0 radical (unpaired) electrons. The van der Waals surface area contributed by atoms with E-state index in [1.807, 2.05) is 0 Å². The Bertz CT molecular complexity index is 57.5. The number of nitrogens with one attached hydrogen (secondary N) is 1. The van der Waals surface area contributed by atoms with E-state index in [0.717, 1.165) is 0 Å². The average Bonchev–Trinajstić information content (AvgIpc) is 1.35. The summed E-state index contributed by atoms with van der Waals surface area (Å²) in [5.41, 5.74) is 0. The zero-order valence-electron chi connectivity index (χ0n) is 3.49. The van der Waals surface area contributed by atoms with Crippen LogP contribution in [0.3, 0.4) is 0 Å². The molecule has 0 aliphatic carbocycles. The van der Waals surface area contributed by atoms with Crippen molar-refractivity contribution in [2.24, 2.45) is 0 Å². The van der Waals surface area contributed by atoms with Gasteiger partial charge in [-0.2, -0.15) is 0 Å². The largest absolute Gasteiger partial charge is 0.463 e. The van der Waals surface area contributed by atoms with Gasteiger partial charge in [0.2, 0.25) is 0 Å². The Morgan fingerprint density at radius 3 is 3.00 bits per heavy atom. The van der Waals surface area contributed by atoms with Crippen LogP contribution in [-0.2, 0) is 4.52 Å². The molecule has 0 saturated carbocycles. The molecule has 30 valence electrons. The van der Waals surface area contributed by atoms with Gasteiger partial charge in [-0.1, -0.05) is 8.93 Å². The lowest BCUT2D eigenvalue weighted by Crippen LogP contribution is -1.57. The van der Waals surface area contributed by atoms with Crippen LogP contribution < -0.4 is 0 Å². The van der Waals surface area contributed by atoms with E-state index in [0.29, 0.717) is 0 Å². The van der Waals surface area contributed by atoms with Crippen LogP contribution in [0.15, 0.2) is 0 Å². The van der Waals surface area contributed by atoms with Crippen LogP contribution in [0.1, 0.15) is 1.37 Å². The first-order chi connectivity index (χ1) is 2.77. The summed E-state index contributed by atoms with van der Waals surface area (Å²) in [5, 5.41) is 6.33. The summed E-state index contributed by atoms with van der Waals surface area (Å²) in [6, 6.07) is 0. The molecule has 4 heteroatoms. The van der Waals surface area contributed by atoms with Crippen LogP contribution in [-0.4, -0.2) is 6.38 Å². The molecule has 1 N–H and O–H groups in total. The van der Waals surface area contributed by atoms with Crippen molar-refractivity contribution < 1.29 is 5.89 Å². The second-order valence-electron chi connectivity index (χ2n) is 0.322. The summed E-state index contributed by atoms with van der Waals surface area (Å²) in [6.45, 7) is 0. The van der Waals surface area contributed by atoms with Crippen molar-refractivity contribution in [2.75, 3.05) is 0 Å². The van der Waals surface area contributed by atoms with Gasteiger partial charge in [0, 0.05) is 0 Å². The fourth-order valence-corrected chi connectivity index (χ4v) is 0.265. The van der Waals surface area contributed by atoms with E-state index in [-0.39, 0.29) is 8.50 Å². The van der Waals surface area contributed by atoms with Gasteiger partial charge in [-0.05, 0) is 0 Å². The highest BCUT2D eigenvalue weighted by Gasteiger charge is 1.57. The Hall–Kier alpha value is 0.330. The minimum absolute atomic E-state index is 0.143. The van der Waals surface area contributed by atoms with Gasteiger partial charge < -0.3 is 4.52 Å². The van der Waals surface area contributed by atoms with Crippen LogP contribution in [0, 0.1) is 5.41 Å². The van der Waals surface area contributed by atoms with Crippen molar-refractivity contribution in [3.8, 4) is 0 Å². The molecule has 0 amide bonds. The molecule has 2 nitrogen and oxygen atoms in total. The van der Waals surface area contributed by atoms with Crippen molar-refractivity contribution in [1.82, 2.24) is 0 Å². The van der Waals surface area contributed by atoms with E-state index < -0.39 is 6.38 Å². The number of hydrogen-bond donors (Lipinski definition) is 1. The maximum Gasteiger partial charge on any atom is 0.170 e. The zero-order valence-corrected chi connectivity index (χ0v) is 4.64. The highest BCUT2D eigenvalue weighted by Crippen LogP contribution is 2.18. The van der Waals surface area contributed by atoms with Gasteiger partial charge in [-0.3, -0.25) is 5.41 Å². The second kappa shape index (κ2) is 4.33. The maximum absolute atomic E-state index is 6.33. The van der Waals surface area contributed by atoms with Gasteiger partial charge in [-0.25, -0.2) is 0 Å². The van der Waals surface area contributed by atoms with Crippen LogP contribution in [0.2, 0.25) is 0 Å². The highest BCUT2D eigenvalue weighted by molar-refractivity contribution is 8.00. The van der Waals surface area contributed by atoms with Gasteiger partial charge in [-0.15, -0.1) is 0 Å². The molecule has 0 spiro atoms. The first-order valence-corrected chi connectivity index (χ1v) is 3.66. The Labute approximate surface area is 36.2 Å². The third-order valence-electron chi connectivity index (χ3n) is 0.110. The van der Waals surface area contributed by atoms with Gasteiger partial charge >= 0.3 is 0 Å². The van der Waals surface area contributed by atoms with E-state index in [1.54, 1.807) is 0 Å². The Morgan fingerprint density at radius 1 is 2.40 bits per heavy atom. The molecule has 0 fully saturated rings. The van der Waals surface area contributed by atoms with Crippen LogP contribution in [0.5, 0.6) is 0 Å². The van der Waals surface area contributed by atoms with Gasteiger partial charge in [0.25, 0.3) is 0 Å². The quantitative estimate of drug-likeness (QED) is 0.305. The summed E-state index contributed by atoms with van der Waals surface area (Å²) in [6.07, 6.45) is -0.469. The minimum atomic E-state index is -0.469. The molecular weight excluding hydrogens is 104 g/mol. The Balaban J connectivity index is 2.83. The molecule has 0 rings (SSSR count). The van der Waals surface area contributed by atoms with E-state index in [4.69, 9.17) is 6.78 Å². The molecule has 0 bridgehead atoms. The topological polar surface area (TPSA) is 33.1 Å². The standard InChI is InChI=1S/CH5NOP2/c2-1-3-5-4/h1-2,5H,4H2/i1D. The molecule has 2 unspecified atom stereocenters. The Morgan fingerprint density at radius 2 is 3.00 bits per heavy atom. The molecule has 0 aromatic heterocycles. The lowest BCUT2D eigenvalue weighted by atomic mass is 11.6. The predicted molar refractivity (Wildman–Crippen MR) is 27.9 cm³/mol. The predicted octanol–water partition coefficient (Wildman–Crippen LogP) is 0.994. The Kier molecular flexibility index (Phi) is 3.05. The average molecular weight is 110 g/mol. The van der Waals surface area contributed by atoms with E-state index in [9.17, 15) is 0 Å². The van der Waals surface area contributed by atoms with Gasteiger partial charge in [0.1, 0.15) is 1.37 Å². The maximum atomic E-state index is 6.33. The fourth-order valence-electron chi connectivity index (χ4n) is 0.0295. The third kappa shape index (κ3) is 4.33. The summed E-state index contributed by atoms with van der Waals surface area (Å²) in [4.78, 5) is 0. The molecule has 0 aliphatic rings. The summed E-state index contributed by atoms with van der Waals surface area (Å²) < 4.78 is 10.6. The molecule has 0 aromatic rings. The van der Waals surface area contributed by atoms with Crippen LogP contribution in [0.25, 0.3) is 0 Å². The van der Waals surface area contributed by atoms with Crippen molar-refractivity contribution in [2.45, 2.75) is 0 Å². The van der Waals surface area contributed by atoms with E-state index >= 15 is 0 Å². The number of rotatable bonds is 1. The second-order valence-corrected chi connectivity index (χ2v) is 1.47. The van der Waals surface area contributed by atoms with Crippen LogP contribution >= 0.6 is 17.4 Å². The molecule has 5 heavy (non-hydrogen) atoms. The summed E-state index contributed by atoms with van der Waals surface area (Å²) in [5.74, 6) is 0. The highest BCUT2D eigenvalue weighted by atomic mass is 32.0. The molecule has 0 aromatic carbocycles. The number of hydrogen-bond acceptors (Lipinski definition) is 2. The van der Waals surface area contributed by atoms with Crippen molar-refractivity contribution >= 4 is 23.8 Å². The van der Waals surface area contributed by atoms with Crippen molar-refractivity contribution in [3.63, 3.8) is 0 Å². The smallest absolute Gasteiger partial charge is 0.170 e.